The van der Waals surface area contributed by atoms with Crippen LogP contribution in [0.1, 0.15) is 76.7 Å². The summed E-state index contributed by atoms with van der Waals surface area (Å²) in [6.07, 6.45) is 7.48. The third-order valence-corrected chi connectivity index (χ3v) is 7.88. The molecule has 2 aliphatic rings. The molecular weight excluding hydrogens is 454 g/mol. The molecule has 8 nitrogen and oxygen atoms in total. The SMILES string of the molecule is CCC(=O)N[C@H](C)[C@@H](CC(=O)N1CCN(C)CC1)c1ccc(NC(=O)[C@@H](N)C2CCCCCC2)cc1. The van der Waals surface area contributed by atoms with E-state index in [4.69, 9.17) is 5.73 Å². The quantitative estimate of drug-likeness (QED) is 0.453. The van der Waals surface area contributed by atoms with Gasteiger partial charge in [0.1, 0.15) is 0 Å². The van der Waals surface area contributed by atoms with Gasteiger partial charge in [-0.2, -0.15) is 0 Å². The molecule has 2 fully saturated rings. The van der Waals surface area contributed by atoms with Crippen LogP contribution < -0.4 is 16.4 Å². The van der Waals surface area contributed by atoms with Gasteiger partial charge in [0, 0.05) is 56.7 Å². The van der Waals surface area contributed by atoms with Gasteiger partial charge in [-0.3, -0.25) is 14.4 Å². The van der Waals surface area contributed by atoms with Gasteiger partial charge in [-0.1, -0.05) is 44.7 Å². The van der Waals surface area contributed by atoms with Crippen LogP contribution in [-0.4, -0.2) is 72.8 Å². The van der Waals surface area contributed by atoms with Crippen molar-refractivity contribution in [1.29, 1.82) is 0 Å². The predicted molar refractivity (Wildman–Crippen MR) is 144 cm³/mol. The van der Waals surface area contributed by atoms with Gasteiger partial charge < -0.3 is 26.2 Å². The van der Waals surface area contributed by atoms with Gasteiger partial charge in [-0.25, -0.2) is 0 Å². The van der Waals surface area contributed by atoms with E-state index in [9.17, 15) is 14.4 Å². The minimum absolute atomic E-state index is 0.0315. The summed E-state index contributed by atoms with van der Waals surface area (Å²) in [7, 11) is 2.07. The normalized spacial score (nSPS) is 20.2. The molecule has 3 rings (SSSR count). The van der Waals surface area contributed by atoms with Crippen LogP contribution in [0, 0.1) is 5.92 Å². The zero-order valence-electron chi connectivity index (χ0n) is 22.3. The predicted octanol–water partition coefficient (Wildman–Crippen LogP) is 3.09. The molecule has 8 heteroatoms. The third kappa shape index (κ3) is 8.03. The van der Waals surface area contributed by atoms with Crippen LogP contribution in [0.4, 0.5) is 5.69 Å². The Morgan fingerprint density at radius 2 is 1.61 bits per heavy atom. The van der Waals surface area contributed by atoms with Gasteiger partial charge in [0.15, 0.2) is 0 Å². The summed E-state index contributed by atoms with van der Waals surface area (Å²) in [4.78, 5) is 42.2. The molecule has 1 saturated carbocycles. The van der Waals surface area contributed by atoms with E-state index >= 15 is 0 Å². The summed E-state index contributed by atoms with van der Waals surface area (Å²) < 4.78 is 0. The lowest BCUT2D eigenvalue weighted by Gasteiger charge is -2.34. The van der Waals surface area contributed by atoms with Crippen molar-refractivity contribution in [2.45, 2.75) is 83.2 Å². The van der Waals surface area contributed by atoms with Crippen LogP contribution >= 0.6 is 0 Å². The van der Waals surface area contributed by atoms with Crippen LogP contribution in [0.3, 0.4) is 0 Å². The molecule has 1 aliphatic carbocycles. The number of hydrogen-bond donors (Lipinski definition) is 3. The van der Waals surface area contributed by atoms with E-state index in [1.54, 1.807) is 0 Å². The molecule has 0 aromatic heterocycles. The van der Waals surface area contributed by atoms with Crippen molar-refractivity contribution in [1.82, 2.24) is 15.1 Å². The second-order valence-corrected chi connectivity index (χ2v) is 10.6. The van der Waals surface area contributed by atoms with Gasteiger partial charge in [0.2, 0.25) is 17.7 Å². The Morgan fingerprint density at radius 1 is 1.00 bits per heavy atom. The van der Waals surface area contributed by atoms with E-state index in [-0.39, 0.29) is 35.6 Å². The van der Waals surface area contributed by atoms with Crippen molar-refractivity contribution in [2.24, 2.45) is 11.7 Å². The first-order chi connectivity index (χ1) is 17.3. The average molecular weight is 500 g/mol. The number of anilines is 1. The van der Waals surface area contributed by atoms with Crippen molar-refractivity contribution in [2.75, 3.05) is 38.5 Å². The highest BCUT2D eigenvalue weighted by Gasteiger charge is 2.28. The molecule has 0 spiro atoms. The molecular formula is C28H45N5O3. The maximum atomic E-state index is 13.1. The molecule has 1 aromatic rings. The molecule has 0 unspecified atom stereocenters. The molecule has 1 aliphatic heterocycles. The van der Waals surface area contributed by atoms with E-state index in [1.807, 2.05) is 43.0 Å². The molecule has 3 atom stereocenters. The molecule has 200 valence electrons. The fourth-order valence-corrected chi connectivity index (χ4v) is 5.34. The largest absolute Gasteiger partial charge is 0.353 e. The van der Waals surface area contributed by atoms with E-state index in [1.165, 1.54) is 12.8 Å². The molecule has 4 N–H and O–H groups in total. The van der Waals surface area contributed by atoms with Crippen LogP contribution in [0.5, 0.6) is 0 Å². The Morgan fingerprint density at radius 3 is 2.19 bits per heavy atom. The van der Waals surface area contributed by atoms with Crippen molar-refractivity contribution in [3.63, 3.8) is 0 Å². The average Bonchev–Trinajstić information content (AvgIpc) is 3.17. The maximum absolute atomic E-state index is 13.1. The Kier molecular flexibility index (Phi) is 10.7. The Labute approximate surface area is 216 Å². The minimum Gasteiger partial charge on any atom is -0.353 e. The maximum Gasteiger partial charge on any atom is 0.241 e. The van der Waals surface area contributed by atoms with Crippen LogP contribution in [0.25, 0.3) is 0 Å². The van der Waals surface area contributed by atoms with Gasteiger partial charge >= 0.3 is 0 Å². The second-order valence-electron chi connectivity index (χ2n) is 10.6. The molecule has 1 saturated heterocycles. The van der Waals surface area contributed by atoms with Crippen molar-refractivity contribution in [3.05, 3.63) is 29.8 Å². The first-order valence-electron chi connectivity index (χ1n) is 13.7. The fourth-order valence-electron chi connectivity index (χ4n) is 5.34. The smallest absolute Gasteiger partial charge is 0.241 e. The number of amides is 3. The van der Waals surface area contributed by atoms with Crippen molar-refractivity contribution in [3.8, 4) is 0 Å². The monoisotopic (exact) mass is 499 g/mol. The van der Waals surface area contributed by atoms with Gasteiger partial charge in [-0.05, 0) is 50.4 Å². The lowest BCUT2D eigenvalue weighted by molar-refractivity contribution is -0.133. The second kappa shape index (κ2) is 13.7. The Bertz CT molecular complexity index is 858. The van der Waals surface area contributed by atoms with E-state index in [0.29, 0.717) is 18.5 Å². The zero-order valence-corrected chi connectivity index (χ0v) is 22.3. The fraction of sp³-hybridized carbons (Fsp3) is 0.679. The summed E-state index contributed by atoms with van der Waals surface area (Å²) in [6.45, 7) is 6.97. The third-order valence-electron chi connectivity index (χ3n) is 7.88. The highest BCUT2D eigenvalue weighted by molar-refractivity contribution is 5.94. The molecule has 1 aromatic carbocycles. The molecule has 1 heterocycles. The lowest BCUT2D eigenvalue weighted by Crippen LogP contribution is -2.48. The number of piperazine rings is 1. The van der Waals surface area contributed by atoms with E-state index in [2.05, 4.69) is 22.6 Å². The molecule has 3 amide bonds. The van der Waals surface area contributed by atoms with Gasteiger partial charge in [-0.15, -0.1) is 0 Å². The lowest BCUT2D eigenvalue weighted by atomic mass is 9.88. The number of benzene rings is 1. The summed E-state index contributed by atoms with van der Waals surface area (Å²) >= 11 is 0. The highest BCUT2D eigenvalue weighted by Crippen LogP contribution is 2.28. The number of rotatable bonds is 9. The van der Waals surface area contributed by atoms with Crippen LogP contribution in [-0.2, 0) is 14.4 Å². The van der Waals surface area contributed by atoms with Crippen LogP contribution in [0.2, 0.25) is 0 Å². The molecule has 36 heavy (non-hydrogen) atoms. The van der Waals surface area contributed by atoms with E-state index in [0.717, 1.165) is 57.4 Å². The molecule has 0 radical (unpaired) electrons. The summed E-state index contributed by atoms with van der Waals surface area (Å²) in [6, 6.07) is 6.94. The number of nitrogens with zero attached hydrogens (tertiary/aromatic N) is 2. The Hall–Kier alpha value is -2.45. The van der Waals surface area contributed by atoms with Crippen molar-refractivity contribution < 1.29 is 14.4 Å². The summed E-state index contributed by atoms with van der Waals surface area (Å²) in [5.41, 5.74) is 7.99. The minimum atomic E-state index is -0.499. The number of carbonyl (C=O) groups is 3. The standard InChI is InChI=1S/C28H45N5O3/c1-4-25(34)30-20(2)24(19-26(35)33-17-15-32(3)16-18-33)21-11-13-23(14-12-21)31-28(36)27(29)22-9-7-5-6-8-10-22/h11-14,20,22,24,27H,4-10,15-19,29H2,1-3H3,(H,30,34)(H,31,36)/t20-,24-,27+/m1/s1. The Balaban J connectivity index is 1.67. The summed E-state index contributed by atoms with van der Waals surface area (Å²) in [5, 5.41) is 6.02. The number of hydrogen-bond acceptors (Lipinski definition) is 5. The van der Waals surface area contributed by atoms with Gasteiger partial charge in [0.05, 0.1) is 6.04 Å². The topological polar surface area (TPSA) is 108 Å². The first kappa shape index (κ1) is 28.1. The number of nitrogens with two attached hydrogens (primary N) is 1. The highest BCUT2D eigenvalue weighted by atomic mass is 16.2. The molecule has 0 bridgehead atoms. The van der Waals surface area contributed by atoms with Gasteiger partial charge in [0.25, 0.3) is 0 Å². The summed E-state index contributed by atoms with van der Waals surface area (Å²) in [5.74, 6) is 0.0128. The first-order valence-corrected chi connectivity index (χ1v) is 13.7. The number of carbonyl (C=O) groups excluding carboxylic acids is 3. The number of likely N-dealkylation sites (N-methyl/N-ethyl adjacent to an activating group) is 1. The van der Waals surface area contributed by atoms with E-state index < -0.39 is 6.04 Å². The van der Waals surface area contributed by atoms with Crippen molar-refractivity contribution >= 4 is 23.4 Å². The number of nitrogens with one attached hydrogen (secondary N) is 2. The zero-order chi connectivity index (χ0) is 26.1. The van der Waals surface area contributed by atoms with Crippen LogP contribution in [0.15, 0.2) is 24.3 Å².